The molecule has 0 aliphatic heterocycles. The van der Waals surface area contributed by atoms with Crippen molar-refractivity contribution < 1.29 is 18.3 Å². The van der Waals surface area contributed by atoms with Crippen molar-refractivity contribution in [3.63, 3.8) is 0 Å². The molecule has 1 heterocycles. The van der Waals surface area contributed by atoms with Crippen LogP contribution in [-0.4, -0.2) is 29.5 Å². The maximum absolute atomic E-state index is 12.3. The Labute approximate surface area is 129 Å². The van der Waals surface area contributed by atoms with Crippen molar-refractivity contribution >= 4 is 37.9 Å². The Hall–Kier alpha value is -2.00. The molecule has 1 aromatic carbocycles. The van der Waals surface area contributed by atoms with Gasteiger partial charge in [0, 0.05) is 16.9 Å². The Balaban J connectivity index is 2.52. The van der Waals surface area contributed by atoms with Gasteiger partial charge in [-0.15, -0.1) is 0 Å². The minimum Gasteiger partial charge on any atom is -0.478 e. The van der Waals surface area contributed by atoms with E-state index in [9.17, 15) is 13.2 Å². The molecule has 2 N–H and O–H groups in total. The van der Waals surface area contributed by atoms with Gasteiger partial charge in [0.1, 0.15) is 4.90 Å². The lowest BCUT2D eigenvalue weighted by Crippen LogP contribution is -2.16. The number of anilines is 1. The summed E-state index contributed by atoms with van der Waals surface area (Å²) in [6, 6.07) is 4.00. The Kier molecular flexibility index (Phi) is 4.24. The summed E-state index contributed by atoms with van der Waals surface area (Å²) in [5, 5.41) is 9.02. The molecule has 0 atom stereocenters. The van der Waals surface area contributed by atoms with E-state index in [-0.39, 0.29) is 20.9 Å². The Morgan fingerprint density at radius 3 is 2.48 bits per heavy atom. The summed E-state index contributed by atoms with van der Waals surface area (Å²) in [5.74, 6) is -1.30. The fourth-order valence-electron chi connectivity index (χ4n) is 1.58. The van der Waals surface area contributed by atoms with Crippen LogP contribution in [0.3, 0.4) is 0 Å². The molecule has 0 spiro atoms. The lowest BCUT2D eigenvalue weighted by Gasteiger charge is -2.11. The van der Waals surface area contributed by atoms with Crippen LogP contribution in [0.1, 0.15) is 15.9 Å². The first-order valence-electron chi connectivity index (χ1n) is 5.64. The largest absolute Gasteiger partial charge is 0.478 e. The van der Waals surface area contributed by atoms with Crippen molar-refractivity contribution in [3.8, 4) is 0 Å². The van der Waals surface area contributed by atoms with Gasteiger partial charge in [-0.3, -0.25) is 0 Å². The minimum atomic E-state index is -4.01. The van der Waals surface area contributed by atoms with Crippen LogP contribution in [0.2, 0.25) is 0 Å². The molecule has 2 rings (SSSR count). The summed E-state index contributed by atoms with van der Waals surface area (Å²) in [5.41, 5.74) is 0.370. The van der Waals surface area contributed by atoms with Gasteiger partial charge in [-0.05, 0) is 46.6 Å². The number of hydrogen-bond acceptors (Lipinski definition) is 5. The van der Waals surface area contributed by atoms with Gasteiger partial charge in [0.25, 0.3) is 10.0 Å². The molecule has 0 fully saturated rings. The molecule has 0 amide bonds. The van der Waals surface area contributed by atoms with Gasteiger partial charge in [0.05, 0.1) is 5.56 Å². The van der Waals surface area contributed by atoms with Gasteiger partial charge in [0.2, 0.25) is 5.95 Å². The van der Waals surface area contributed by atoms with Crippen LogP contribution in [0, 0.1) is 6.92 Å². The molecule has 0 aliphatic carbocycles. The maximum atomic E-state index is 12.3. The van der Waals surface area contributed by atoms with E-state index in [2.05, 4.69) is 30.6 Å². The number of halogens is 1. The Morgan fingerprint density at radius 2 is 1.90 bits per heavy atom. The van der Waals surface area contributed by atoms with Gasteiger partial charge in [-0.1, -0.05) is 0 Å². The third kappa shape index (κ3) is 3.37. The van der Waals surface area contributed by atoms with Gasteiger partial charge in [0.15, 0.2) is 0 Å². The fraction of sp³-hybridized carbons (Fsp3) is 0.0833. The van der Waals surface area contributed by atoms with Crippen molar-refractivity contribution in [1.29, 1.82) is 0 Å². The second-order valence-corrected chi connectivity index (χ2v) is 6.53. The molecule has 2 aromatic rings. The summed E-state index contributed by atoms with van der Waals surface area (Å²) in [4.78, 5) is 18.4. The molecule has 0 radical (unpaired) electrons. The number of aryl methyl sites for hydroxylation is 1. The van der Waals surface area contributed by atoms with Crippen molar-refractivity contribution in [2.24, 2.45) is 0 Å². The molecular formula is C12H10BrN3O4S. The zero-order valence-corrected chi connectivity index (χ0v) is 13.1. The van der Waals surface area contributed by atoms with Gasteiger partial charge >= 0.3 is 5.97 Å². The number of carboxylic acids is 1. The molecule has 7 nitrogen and oxygen atoms in total. The van der Waals surface area contributed by atoms with Crippen LogP contribution < -0.4 is 4.72 Å². The zero-order chi connectivity index (χ0) is 15.6. The van der Waals surface area contributed by atoms with Crippen molar-refractivity contribution in [3.05, 3.63) is 46.2 Å². The topological polar surface area (TPSA) is 109 Å². The highest BCUT2D eigenvalue weighted by molar-refractivity contribution is 9.10. The average molecular weight is 372 g/mol. The van der Waals surface area contributed by atoms with Crippen LogP contribution >= 0.6 is 15.9 Å². The number of hydrogen-bond donors (Lipinski definition) is 2. The molecule has 0 unspecified atom stereocenters. The van der Waals surface area contributed by atoms with Crippen LogP contribution in [0.15, 0.2) is 40.0 Å². The highest BCUT2D eigenvalue weighted by atomic mass is 79.9. The third-order valence-electron chi connectivity index (χ3n) is 2.55. The smallest absolute Gasteiger partial charge is 0.335 e. The van der Waals surface area contributed by atoms with Crippen molar-refractivity contribution in [1.82, 2.24) is 9.97 Å². The van der Waals surface area contributed by atoms with E-state index < -0.39 is 16.0 Å². The SMILES string of the molecule is Cc1cc(C(=O)O)cc(S(=O)(=O)Nc2ncccn2)c1Br. The molecule has 0 saturated heterocycles. The number of aromatic carboxylic acids is 1. The molecule has 0 aliphatic rings. The zero-order valence-electron chi connectivity index (χ0n) is 10.7. The number of benzene rings is 1. The first-order valence-corrected chi connectivity index (χ1v) is 7.92. The normalized spacial score (nSPS) is 11.1. The highest BCUT2D eigenvalue weighted by Gasteiger charge is 2.22. The quantitative estimate of drug-likeness (QED) is 0.850. The van der Waals surface area contributed by atoms with E-state index in [0.29, 0.717) is 5.56 Å². The standard InChI is InChI=1S/C12H10BrN3O4S/c1-7-5-8(11(17)18)6-9(10(7)13)21(19,20)16-12-14-3-2-4-15-12/h2-6H,1H3,(H,17,18)(H,14,15,16). The Bertz CT molecular complexity index is 794. The number of nitrogens with one attached hydrogen (secondary N) is 1. The monoisotopic (exact) mass is 371 g/mol. The van der Waals surface area contributed by atoms with Gasteiger partial charge in [-0.2, -0.15) is 0 Å². The van der Waals surface area contributed by atoms with E-state index in [0.717, 1.165) is 6.07 Å². The summed E-state index contributed by atoms with van der Waals surface area (Å²) in [7, 11) is -4.01. The van der Waals surface area contributed by atoms with Crippen LogP contribution in [0.4, 0.5) is 5.95 Å². The molecule has 0 saturated carbocycles. The predicted octanol–water partition coefficient (Wildman–Crippen LogP) is 2.05. The fourth-order valence-corrected chi connectivity index (χ4v) is 3.59. The molecule has 21 heavy (non-hydrogen) atoms. The van der Waals surface area contributed by atoms with E-state index in [1.54, 1.807) is 13.0 Å². The van der Waals surface area contributed by atoms with Gasteiger partial charge in [-0.25, -0.2) is 27.9 Å². The van der Waals surface area contributed by atoms with Crippen LogP contribution in [0.5, 0.6) is 0 Å². The highest BCUT2D eigenvalue weighted by Crippen LogP contribution is 2.28. The molecular weight excluding hydrogens is 362 g/mol. The first kappa shape index (κ1) is 15.4. The molecule has 1 aromatic heterocycles. The third-order valence-corrected chi connectivity index (χ3v) is 5.22. The van der Waals surface area contributed by atoms with Crippen molar-refractivity contribution in [2.75, 3.05) is 4.72 Å². The number of carbonyl (C=O) groups is 1. The summed E-state index contributed by atoms with van der Waals surface area (Å²) in [6.07, 6.45) is 2.78. The second-order valence-electron chi connectivity index (χ2n) is 4.09. The lowest BCUT2D eigenvalue weighted by atomic mass is 10.1. The number of sulfonamides is 1. The maximum Gasteiger partial charge on any atom is 0.335 e. The number of rotatable bonds is 4. The van der Waals surface area contributed by atoms with Crippen molar-refractivity contribution in [2.45, 2.75) is 11.8 Å². The molecule has 0 bridgehead atoms. The average Bonchev–Trinajstić information content (AvgIpc) is 2.41. The van der Waals surface area contributed by atoms with E-state index in [4.69, 9.17) is 5.11 Å². The van der Waals surface area contributed by atoms with Gasteiger partial charge < -0.3 is 5.11 Å². The summed E-state index contributed by atoms with van der Waals surface area (Å²) >= 11 is 3.16. The van der Waals surface area contributed by atoms with E-state index in [1.165, 1.54) is 18.5 Å². The number of aromatic nitrogens is 2. The second kappa shape index (κ2) is 5.78. The molecule has 9 heteroatoms. The summed E-state index contributed by atoms with van der Waals surface area (Å²) < 4.78 is 27.2. The summed E-state index contributed by atoms with van der Waals surface area (Å²) in [6.45, 7) is 1.61. The Morgan fingerprint density at radius 1 is 1.29 bits per heavy atom. The minimum absolute atomic E-state index is 0.0946. The predicted molar refractivity (Wildman–Crippen MR) is 78.7 cm³/mol. The van der Waals surface area contributed by atoms with Crippen LogP contribution in [0.25, 0.3) is 0 Å². The lowest BCUT2D eigenvalue weighted by molar-refractivity contribution is 0.0696. The first-order chi connectivity index (χ1) is 9.81. The number of carboxylic acid groups (broad SMARTS) is 1. The van der Waals surface area contributed by atoms with E-state index in [1.807, 2.05) is 0 Å². The van der Waals surface area contributed by atoms with Crippen LogP contribution in [-0.2, 0) is 10.0 Å². The number of nitrogens with zero attached hydrogens (tertiary/aromatic N) is 2. The van der Waals surface area contributed by atoms with E-state index >= 15 is 0 Å². The molecule has 110 valence electrons.